The summed E-state index contributed by atoms with van der Waals surface area (Å²) in [5.41, 5.74) is 3.57. The molecule has 1 aliphatic carbocycles. The van der Waals surface area contributed by atoms with E-state index in [0.717, 1.165) is 23.6 Å². The molecule has 0 amide bonds. The van der Waals surface area contributed by atoms with Crippen LogP contribution in [-0.4, -0.2) is 0 Å². The van der Waals surface area contributed by atoms with Crippen molar-refractivity contribution >= 4 is 6.08 Å². The van der Waals surface area contributed by atoms with Gasteiger partial charge in [0.25, 0.3) is 0 Å². The van der Waals surface area contributed by atoms with Gasteiger partial charge in [0.1, 0.15) is 0 Å². The van der Waals surface area contributed by atoms with Crippen LogP contribution in [0.1, 0.15) is 23.6 Å². The van der Waals surface area contributed by atoms with Gasteiger partial charge < -0.3 is 0 Å². The van der Waals surface area contributed by atoms with E-state index in [1.807, 2.05) is 25.1 Å². The van der Waals surface area contributed by atoms with Crippen molar-refractivity contribution in [3.05, 3.63) is 64.7 Å². The summed E-state index contributed by atoms with van der Waals surface area (Å²) >= 11 is 0. The maximum absolute atomic E-state index is 13.1. The molecule has 3 rings (SSSR count). The van der Waals surface area contributed by atoms with E-state index in [1.165, 1.54) is 11.6 Å². The van der Waals surface area contributed by atoms with E-state index >= 15 is 0 Å². The van der Waals surface area contributed by atoms with Crippen LogP contribution in [0.4, 0.5) is 13.2 Å². The molecule has 0 N–H and O–H groups in total. The highest BCUT2D eigenvalue weighted by Gasteiger charge is 2.34. The average molecular weight is 274 g/mol. The fourth-order valence-corrected chi connectivity index (χ4v) is 2.75. The van der Waals surface area contributed by atoms with Gasteiger partial charge in [0, 0.05) is 0 Å². The van der Waals surface area contributed by atoms with Gasteiger partial charge in [-0.1, -0.05) is 48.0 Å². The smallest absolute Gasteiger partial charge is 0.166 e. The second kappa shape index (κ2) is 4.51. The first-order chi connectivity index (χ1) is 9.47. The lowest BCUT2D eigenvalue weighted by Gasteiger charge is -2.15. The second-order valence-electron chi connectivity index (χ2n) is 5.08. The molecule has 0 unspecified atom stereocenters. The minimum atomic E-state index is -4.33. The molecule has 0 saturated carbocycles. The molecule has 2 aromatic rings. The monoisotopic (exact) mass is 274 g/mol. The maximum atomic E-state index is 13.1. The fraction of sp³-hybridized carbons (Fsp3) is 0.176. The van der Waals surface area contributed by atoms with E-state index < -0.39 is 11.7 Å². The third-order valence-electron chi connectivity index (χ3n) is 3.59. The SMILES string of the molecule is CC1=Cc2cccc(-c3ccccc3C(F)(F)F)c2C1. The van der Waals surface area contributed by atoms with E-state index in [0.29, 0.717) is 5.56 Å². The quantitative estimate of drug-likeness (QED) is 0.659. The molecular weight excluding hydrogens is 261 g/mol. The van der Waals surface area contributed by atoms with Gasteiger partial charge in [0.15, 0.2) is 0 Å². The van der Waals surface area contributed by atoms with Crippen LogP contribution >= 0.6 is 0 Å². The molecule has 0 radical (unpaired) electrons. The van der Waals surface area contributed by atoms with Crippen LogP contribution in [0.5, 0.6) is 0 Å². The first kappa shape index (κ1) is 13.0. The van der Waals surface area contributed by atoms with Crippen molar-refractivity contribution in [2.75, 3.05) is 0 Å². The van der Waals surface area contributed by atoms with Crippen LogP contribution in [0.3, 0.4) is 0 Å². The third kappa shape index (κ3) is 2.13. The molecule has 0 saturated heterocycles. The first-order valence-electron chi connectivity index (χ1n) is 6.42. The molecule has 0 aliphatic heterocycles. The summed E-state index contributed by atoms with van der Waals surface area (Å²) in [6, 6.07) is 11.3. The molecule has 20 heavy (non-hydrogen) atoms. The summed E-state index contributed by atoms with van der Waals surface area (Å²) in [7, 11) is 0. The molecule has 0 nitrogen and oxygen atoms in total. The number of allylic oxidation sites excluding steroid dienone is 1. The molecule has 2 aromatic carbocycles. The van der Waals surface area contributed by atoms with E-state index in [-0.39, 0.29) is 5.56 Å². The van der Waals surface area contributed by atoms with Gasteiger partial charge >= 0.3 is 6.18 Å². The van der Waals surface area contributed by atoms with Crippen molar-refractivity contribution in [2.24, 2.45) is 0 Å². The van der Waals surface area contributed by atoms with Crippen molar-refractivity contribution in [3.8, 4) is 11.1 Å². The van der Waals surface area contributed by atoms with Gasteiger partial charge in [0.2, 0.25) is 0 Å². The van der Waals surface area contributed by atoms with E-state index in [4.69, 9.17) is 0 Å². The number of halogens is 3. The van der Waals surface area contributed by atoms with E-state index in [9.17, 15) is 13.2 Å². The topological polar surface area (TPSA) is 0 Å². The Balaban J connectivity index is 2.21. The molecule has 1 aliphatic rings. The lowest BCUT2D eigenvalue weighted by Crippen LogP contribution is -2.07. The minimum Gasteiger partial charge on any atom is -0.166 e. The summed E-state index contributed by atoms with van der Waals surface area (Å²) < 4.78 is 39.4. The van der Waals surface area contributed by atoms with Gasteiger partial charge in [-0.05, 0) is 41.7 Å². The highest BCUT2D eigenvalue weighted by atomic mass is 19.4. The highest BCUT2D eigenvalue weighted by Crippen LogP contribution is 2.40. The van der Waals surface area contributed by atoms with Crippen LogP contribution in [0.2, 0.25) is 0 Å². The lowest BCUT2D eigenvalue weighted by molar-refractivity contribution is -0.137. The number of hydrogen-bond donors (Lipinski definition) is 0. The van der Waals surface area contributed by atoms with Gasteiger partial charge in [-0.25, -0.2) is 0 Å². The molecule has 102 valence electrons. The molecule has 0 heterocycles. The van der Waals surface area contributed by atoms with Gasteiger partial charge in [-0.2, -0.15) is 13.2 Å². The van der Waals surface area contributed by atoms with Gasteiger partial charge in [-0.15, -0.1) is 0 Å². The lowest BCUT2D eigenvalue weighted by atomic mass is 9.92. The van der Waals surface area contributed by atoms with Crippen molar-refractivity contribution in [1.29, 1.82) is 0 Å². The zero-order chi connectivity index (χ0) is 14.3. The zero-order valence-electron chi connectivity index (χ0n) is 11.0. The second-order valence-corrected chi connectivity index (χ2v) is 5.08. The van der Waals surface area contributed by atoms with Crippen LogP contribution in [0.25, 0.3) is 17.2 Å². The number of hydrogen-bond acceptors (Lipinski definition) is 0. The van der Waals surface area contributed by atoms with E-state index in [2.05, 4.69) is 0 Å². The third-order valence-corrected chi connectivity index (χ3v) is 3.59. The Morgan fingerprint density at radius 2 is 1.60 bits per heavy atom. The average Bonchev–Trinajstić information content (AvgIpc) is 2.77. The van der Waals surface area contributed by atoms with Crippen molar-refractivity contribution < 1.29 is 13.2 Å². The van der Waals surface area contributed by atoms with Crippen molar-refractivity contribution in [2.45, 2.75) is 19.5 Å². The number of benzene rings is 2. The molecule has 3 heteroatoms. The predicted octanol–water partition coefficient (Wildman–Crippen LogP) is 5.33. The summed E-state index contributed by atoms with van der Waals surface area (Å²) in [5.74, 6) is 0. The Morgan fingerprint density at radius 1 is 0.900 bits per heavy atom. The number of rotatable bonds is 1. The van der Waals surface area contributed by atoms with Gasteiger partial charge in [0.05, 0.1) is 5.56 Å². The molecule has 0 aromatic heterocycles. The van der Waals surface area contributed by atoms with Crippen molar-refractivity contribution in [1.82, 2.24) is 0 Å². The summed E-state index contributed by atoms with van der Waals surface area (Å²) in [5, 5.41) is 0. The summed E-state index contributed by atoms with van der Waals surface area (Å²) in [6.07, 6.45) is -1.58. The highest BCUT2D eigenvalue weighted by molar-refractivity contribution is 5.78. The summed E-state index contributed by atoms with van der Waals surface area (Å²) in [4.78, 5) is 0. The first-order valence-corrected chi connectivity index (χ1v) is 6.42. The Hall–Kier alpha value is -2.03. The maximum Gasteiger partial charge on any atom is 0.417 e. The zero-order valence-corrected chi connectivity index (χ0v) is 11.0. The van der Waals surface area contributed by atoms with Crippen LogP contribution < -0.4 is 0 Å². The standard InChI is InChI=1S/C17H13F3/c1-11-9-12-5-4-7-13(15(12)10-11)14-6-2-3-8-16(14)17(18,19)20/h2-9H,10H2,1H3. The molecular formula is C17H13F3. The normalized spacial score (nSPS) is 14.1. The largest absolute Gasteiger partial charge is 0.417 e. The Kier molecular flexibility index (Phi) is 2.93. The van der Waals surface area contributed by atoms with Crippen LogP contribution in [0, 0.1) is 0 Å². The fourth-order valence-electron chi connectivity index (χ4n) is 2.75. The Labute approximate surface area is 115 Å². The molecule has 0 atom stereocenters. The molecule has 0 spiro atoms. The predicted molar refractivity (Wildman–Crippen MR) is 74.2 cm³/mol. The Bertz CT molecular complexity index is 694. The van der Waals surface area contributed by atoms with Crippen LogP contribution in [0.15, 0.2) is 48.0 Å². The number of alkyl halides is 3. The number of fused-ring (bicyclic) bond motifs is 1. The van der Waals surface area contributed by atoms with Gasteiger partial charge in [-0.3, -0.25) is 0 Å². The molecule has 0 bridgehead atoms. The van der Waals surface area contributed by atoms with Crippen molar-refractivity contribution in [3.63, 3.8) is 0 Å². The summed E-state index contributed by atoms with van der Waals surface area (Å²) in [6.45, 7) is 2.00. The minimum absolute atomic E-state index is 0.264. The van der Waals surface area contributed by atoms with E-state index in [1.54, 1.807) is 18.2 Å². The van der Waals surface area contributed by atoms with Crippen LogP contribution in [-0.2, 0) is 12.6 Å². The molecule has 0 fully saturated rings. The Morgan fingerprint density at radius 3 is 2.35 bits per heavy atom.